The van der Waals surface area contributed by atoms with Crippen molar-refractivity contribution >= 4 is 10.9 Å². The Morgan fingerprint density at radius 1 is 1.58 bits per heavy atom. The average Bonchev–Trinajstić information content (AvgIpc) is 2.44. The topological polar surface area (TPSA) is 17.8 Å². The van der Waals surface area contributed by atoms with E-state index in [1.54, 1.807) is 0 Å². The molecule has 0 aliphatic rings. The van der Waals surface area contributed by atoms with E-state index < -0.39 is 0 Å². The quantitative estimate of drug-likeness (QED) is 0.623. The minimum Gasteiger partial charge on any atom is -0.265 e. The van der Waals surface area contributed by atoms with Crippen molar-refractivity contribution in [3.05, 3.63) is 30.0 Å². The Hall–Kier alpha value is -1.31. The summed E-state index contributed by atoms with van der Waals surface area (Å²) in [6, 6.07) is 9.03. The molecule has 0 fully saturated rings. The van der Waals surface area contributed by atoms with E-state index in [1.165, 1.54) is 10.9 Å². The van der Waals surface area contributed by atoms with Crippen LogP contribution in [0.2, 0.25) is 0 Å². The first-order chi connectivity index (χ1) is 5.83. The molecular formula is C10H11N2. The Kier molecular flexibility index (Phi) is 1.61. The van der Waals surface area contributed by atoms with E-state index in [-0.39, 0.29) is 0 Å². The molecule has 61 valence electrons. The van der Waals surface area contributed by atoms with Crippen LogP contribution in [0.25, 0.3) is 10.9 Å². The summed E-state index contributed by atoms with van der Waals surface area (Å²) in [5, 5.41) is 5.64. The van der Waals surface area contributed by atoms with Gasteiger partial charge in [-0.15, -0.1) is 0 Å². The summed E-state index contributed by atoms with van der Waals surface area (Å²) in [7, 11) is 0. The third-order valence-electron chi connectivity index (χ3n) is 2.08. The Bertz CT molecular complexity index is 401. The molecule has 1 heterocycles. The highest BCUT2D eigenvalue weighted by Gasteiger charge is 2.03. The number of fused-ring (bicyclic) bond motifs is 1. The lowest BCUT2D eigenvalue weighted by Crippen LogP contribution is -1.95. The first kappa shape index (κ1) is 7.35. The van der Waals surface area contributed by atoms with E-state index in [0.717, 1.165) is 12.2 Å². The monoisotopic (exact) mass is 159 g/mol. The number of nitrogens with zero attached hydrogens (tertiary/aromatic N) is 2. The van der Waals surface area contributed by atoms with Crippen LogP contribution < -0.4 is 0 Å². The Morgan fingerprint density at radius 3 is 3.17 bits per heavy atom. The second-order valence-electron chi connectivity index (χ2n) is 2.84. The minimum absolute atomic E-state index is 0.919. The Morgan fingerprint density at radius 2 is 2.42 bits per heavy atom. The second-order valence-corrected chi connectivity index (χ2v) is 2.84. The van der Waals surface area contributed by atoms with Gasteiger partial charge in [0.25, 0.3) is 0 Å². The van der Waals surface area contributed by atoms with Crippen molar-refractivity contribution in [2.24, 2.45) is 0 Å². The van der Waals surface area contributed by atoms with Crippen LogP contribution in [0.15, 0.2) is 18.2 Å². The number of rotatable bonds is 1. The fraction of sp³-hybridized carbons (Fsp3) is 0.300. The summed E-state index contributed by atoms with van der Waals surface area (Å²) in [5.41, 5.74) is 2.28. The van der Waals surface area contributed by atoms with E-state index in [1.807, 2.05) is 23.7 Å². The van der Waals surface area contributed by atoms with Crippen molar-refractivity contribution < 1.29 is 0 Å². The number of aryl methyl sites for hydroxylation is 2. The summed E-state index contributed by atoms with van der Waals surface area (Å²) < 4.78 is 2.00. The van der Waals surface area contributed by atoms with Crippen molar-refractivity contribution in [1.82, 2.24) is 9.78 Å². The van der Waals surface area contributed by atoms with Gasteiger partial charge in [-0.25, -0.2) is 0 Å². The zero-order valence-corrected chi connectivity index (χ0v) is 7.33. The van der Waals surface area contributed by atoms with Crippen LogP contribution in [0.1, 0.15) is 12.6 Å². The first-order valence-corrected chi connectivity index (χ1v) is 4.16. The van der Waals surface area contributed by atoms with Gasteiger partial charge in [0.2, 0.25) is 0 Å². The fourth-order valence-corrected chi connectivity index (χ4v) is 1.47. The molecule has 2 rings (SSSR count). The van der Waals surface area contributed by atoms with E-state index in [4.69, 9.17) is 0 Å². The van der Waals surface area contributed by atoms with Crippen LogP contribution in [0, 0.1) is 13.0 Å². The SMILES string of the molecule is CCn1nc(C)c2cc[c]cc21. The third-order valence-corrected chi connectivity index (χ3v) is 2.08. The molecule has 2 aromatic rings. The van der Waals surface area contributed by atoms with Gasteiger partial charge in [-0.3, -0.25) is 4.68 Å². The van der Waals surface area contributed by atoms with Gasteiger partial charge >= 0.3 is 0 Å². The number of hydrogen-bond acceptors (Lipinski definition) is 1. The lowest BCUT2D eigenvalue weighted by Gasteiger charge is -1.95. The van der Waals surface area contributed by atoms with Crippen LogP contribution in [-0.4, -0.2) is 9.78 Å². The highest BCUT2D eigenvalue weighted by Crippen LogP contribution is 2.16. The van der Waals surface area contributed by atoms with E-state index in [9.17, 15) is 0 Å². The molecule has 0 bridgehead atoms. The molecule has 0 N–H and O–H groups in total. The number of benzene rings is 1. The standard InChI is InChI=1S/C10H11N2/c1-3-12-10-7-5-4-6-9(10)8(2)11-12/h4,6-7H,3H2,1-2H3. The summed E-state index contributed by atoms with van der Waals surface area (Å²) in [6.45, 7) is 5.05. The van der Waals surface area contributed by atoms with Gasteiger partial charge < -0.3 is 0 Å². The van der Waals surface area contributed by atoms with Gasteiger partial charge in [0.15, 0.2) is 0 Å². The summed E-state index contributed by atoms with van der Waals surface area (Å²) in [6.07, 6.45) is 0. The molecule has 0 atom stereocenters. The van der Waals surface area contributed by atoms with Crippen molar-refractivity contribution in [2.75, 3.05) is 0 Å². The predicted molar refractivity (Wildman–Crippen MR) is 49.0 cm³/mol. The lowest BCUT2D eigenvalue weighted by molar-refractivity contribution is 0.676. The van der Waals surface area contributed by atoms with Crippen molar-refractivity contribution in [3.63, 3.8) is 0 Å². The summed E-state index contributed by atoms with van der Waals surface area (Å²) in [5.74, 6) is 0. The highest BCUT2D eigenvalue weighted by molar-refractivity contribution is 5.81. The molecule has 0 spiro atoms. The maximum absolute atomic E-state index is 4.40. The lowest BCUT2D eigenvalue weighted by atomic mass is 10.2. The van der Waals surface area contributed by atoms with E-state index in [0.29, 0.717) is 0 Å². The zero-order valence-electron chi connectivity index (χ0n) is 7.33. The van der Waals surface area contributed by atoms with E-state index in [2.05, 4.69) is 24.2 Å². The van der Waals surface area contributed by atoms with Gasteiger partial charge in [-0.2, -0.15) is 5.10 Å². The molecule has 0 aliphatic carbocycles. The second kappa shape index (κ2) is 2.63. The van der Waals surface area contributed by atoms with Gasteiger partial charge in [0.05, 0.1) is 11.2 Å². The van der Waals surface area contributed by atoms with E-state index >= 15 is 0 Å². The molecule has 1 aromatic heterocycles. The van der Waals surface area contributed by atoms with Gasteiger partial charge in [-0.1, -0.05) is 12.1 Å². The van der Waals surface area contributed by atoms with Crippen LogP contribution in [0.4, 0.5) is 0 Å². The maximum atomic E-state index is 4.40. The van der Waals surface area contributed by atoms with Crippen molar-refractivity contribution in [3.8, 4) is 0 Å². The smallest absolute Gasteiger partial charge is 0.0691 e. The zero-order chi connectivity index (χ0) is 8.55. The van der Waals surface area contributed by atoms with Crippen molar-refractivity contribution in [1.29, 1.82) is 0 Å². The third kappa shape index (κ3) is 0.916. The first-order valence-electron chi connectivity index (χ1n) is 4.16. The minimum atomic E-state index is 0.919. The summed E-state index contributed by atoms with van der Waals surface area (Å²) in [4.78, 5) is 0. The molecule has 1 aromatic carbocycles. The normalized spacial score (nSPS) is 10.8. The summed E-state index contributed by atoms with van der Waals surface area (Å²) >= 11 is 0. The van der Waals surface area contributed by atoms with Crippen molar-refractivity contribution in [2.45, 2.75) is 20.4 Å². The molecule has 12 heavy (non-hydrogen) atoms. The molecule has 2 nitrogen and oxygen atoms in total. The maximum Gasteiger partial charge on any atom is 0.0691 e. The number of hydrogen-bond donors (Lipinski definition) is 0. The molecule has 0 unspecified atom stereocenters. The molecule has 1 radical (unpaired) electrons. The fourth-order valence-electron chi connectivity index (χ4n) is 1.47. The largest absolute Gasteiger partial charge is 0.265 e. The molecule has 0 aliphatic heterocycles. The molecular weight excluding hydrogens is 148 g/mol. The average molecular weight is 159 g/mol. The van der Waals surface area contributed by atoms with Crippen LogP contribution >= 0.6 is 0 Å². The van der Waals surface area contributed by atoms with Gasteiger partial charge in [0.1, 0.15) is 0 Å². The highest BCUT2D eigenvalue weighted by atomic mass is 15.3. The van der Waals surface area contributed by atoms with Crippen LogP contribution in [-0.2, 0) is 6.54 Å². The Labute approximate surface area is 71.8 Å². The Balaban J connectivity index is 2.82. The number of aromatic nitrogens is 2. The van der Waals surface area contributed by atoms with Crippen LogP contribution in [0.5, 0.6) is 0 Å². The van der Waals surface area contributed by atoms with Crippen LogP contribution in [0.3, 0.4) is 0 Å². The molecule has 0 saturated carbocycles. The van der Waals surface area contributed by atoms with Gasteiger partial charge in [-0.05, 0) is 26.0 Å². The molecule has 0 saturated heterocycles. The molecule has 0 amide bonds. The predicted octanol–water partition coefficient (Wildman–Crippen LogP) is 2.16. The molecule has 2 heteroatoms. The van der Waals surface area contributed by atoms with Gasteiger partial charge in [0, 0.05) is 11.9 Å².